The standard InChI is InChI=1S/C40H47N3O7S/c1-27-13-19-35(20-14-27)51(47,48)42-36(22-29-8-4-3-5-9-29)39(46)41-33-11-6-10-32(23-33)40-49-37(24-43-21-7-12-34(43)26-45)28(2)38(50-40)31-17-15-30(25-44)16-18-31/h3-6,8-11,13-20,23,28,34,36-38,40,42,44-45H,7,12,21-22,24-26H2,1-2H3,(H,41,46)/t28-,34-,36+,37+,38+,40+/m0/s1. The third-order valence-corrected chi connectivity index (χ3v) is 11.4. The Hall–Kier alpha value is -3.94. The minimum Gasteiger partial charge on any atom is -0.395 e. The molecule has 0 aromatic heterocycles. The number of nitrogens with one attached hydrogen (secondary N) is 2. The van der Waals surface area contributed by atoms with Crippen LogP contribution in [0.25, 0.3) is 0 Å². The maximum Gasteiger partial charge on any atom is 0.242 e. The number of aryl methyl sites for hydroxylation is 1. The molecule has 0 spiro atoms. The first-order valence-electron chi connectivity index (χ1n) is 17.5. The molecule has 0 unspecified atom stereocenters. The van der Waals surface area contributed by atoms with E-state index in [-0.39, 0.29) is 48.7 Å². The summed E-state index contributed by atoms with van der Waals surface area (Å²) in [6.45, 7) is 5.56. The molecule has 6 atom stereocenters. The van der Waals surface area contributed by atoms with E-state index in [1.165, 1.54) is 12.1 Å². The van der Waals surface area contributed by atoms with Crippen LogP contribution in [0.5, 0.6) is 0 Å². The zero-order valence-electron chi connectivity index (χ0n) is 29.0. The van der Waals surface area contributed by atoms with Crippen LogP contribution in [0.15, 0.2) is 108 Å². The minimum absolute atomic E-state index is 0.0237. The number of carbonyl (C=O) groups is 1. The summed E-state index contributed by atoms with van der Waals surface area (Å²) in [5, 5.41) is 22.5. The van der Waals surface area contributed by atoms with Gasteiger partial charge in [0.05, 0.1) is 30.3 Å². The Morgan fingerprint density at radius 2 is 1.65 bits per heavy atom. The van der Waals surface area contributed by atoms with Crippen molar-refractivity contribution < 1.29 is 32.9 Å². The smallest absolute Gasteiger partial charge is 0.242 e. The summed E-state index contributed by atoms with van der Waals surface area (Å²) in [5.74, 6) is -0.529. The first kappa shape index (κ1) is 36.8. The fourth-order valence-electron chi connectivity index (χ4n) is 6.90. The molecule has 270 valence electrons. The maximum atomic E-state index is 13.9. The van der Waals surface area contributed by atoms with Crippen molar-refractivity contribution in [3.8, 4) is 0 Å². The maximum absolute atomic E-state index is 13.9. The Labute approximate surface area is 300 Å². The van der Waals surface area contributed by atoms with Crippen LogP contribution in [0, 0.1) is 12.8 Å². The predicted molar refractivity (Wildman–Crippen MR) is 195 cm³/mol. The fourth-order valence-corrected chi connectivity index (χ4v) is 8.10. The molecule has 2 aliphatic heterocycles. The highest BCUT2D eigenvalue weighted by Gasteiger charge is 2.40. The Balaban J connectivity index is 1.24. The molecular weight excluding hydrogens is 667 g/mol. The molecule has 2 heterocycles. The van der Waals surface area contributed by atoms with E-state index in [2.05, 4.69) is 21.9 Å². The van der Waals surface area contributed by atoms with E-state index >= 15 is 0 Å². The number of likely N-dealkylation sites (tertiary alicyclic amines) is 1. The van der Waals surface area contributed by atoms with Crippen LogP contribution in [0.1, 0.15) is 60.0 Å². The van der Waals surface area contributed by atoms with Crippen molar-refractivity contribution in [2.45, 2.75) is 75.2 Å². The highest BCUT2D eigenvalue weighted by molar-refractivity contribution is 7.89. The van der Waals surface area contributed by atoms with Gasteiger partial charge in [0.2, 0.25) is 15.9 Å². The molecule has 2 aliphatic rings. The summed E-state index contributed by atoms with van der Waals surface area (Å²) >= 11 is 0. The summed E-state index contributed by atoms with van der Waals surface area (Å²) in [7, 11) is -4.01. The molecular formula is C40H47N3O7S. The van der Waals surface area contributed by atoms with Gasteiger partial charge in [0.25, 0.3) is 0 Å². The van der Waals surface area contributed by atoms with Gasteiger partial charge in [-0.25, -0.2) is 8.42 Å². The molecule has 0 saturated carbocycles. The van der Waals surface area contributed by atoms with Crippen LogP contribution in [0.2, 0.25) is 0 Å². The van der Waals surface area contributed by atoms with Crippen LogP contribution in [0.3, 0.4) is 0 Å². The summed E-state index contributed by atoms with van der Waals surface area (Å²) in [6.07, 6.45) is 0.809. The lowest BCUT2D eigenvalue weighted by atomic mass is 9.90. The number of amides is 1. The van der Waals surface area contributed by atoms with Gasteiger partial charge >= 0.3 is 0 Å². The van der Waals surface area contributed by atoms with Gasteiger partial charge in [-0.05, 0) is 73.7 Å². The number of ether oxygens (including phenoxy) is 2. The topological polar surface area (TPSA) is 137 Å². The largest absolute Gasteiger partial charge is 0.395 e. The SMILES string of the molecule is Cc1ccc(S(=O)(=O)N[C@H](Cc2ccccc2)C(=O)Nc2cccc([C@@H]3O[C@H](CN4CCC[C@H]4CO)[C@H](C)[C@H](c4ccc(CO)cc4)O3)c2)cc1. The van der Waals surface area contributed by atoms with E-state index in [9.17, 15) is 23.4 Å². The Kier molecular flexibility index (Phi) is 12.0. The van der Waals surface area contributed by atoms with Crippen LogP contribution in [-0.2, 0) is 37.3 Å². The zero-order valence-corrected chi connectivity index (χ0v) is 29.8. The predicted octanol–water partition coefficient (Wildman–Crippen LogP) is 5.26. The molecule has 0 bridgehead atoms. The molecule has 4 N–H and O–H groups in total. The van der Waals surface area contributed by atoms with Gasteiger partial charge in [-0.2, -0.15) is 4.72 Å². The first-order chi connectivity index (χ1) is 24.6. The number of rotatable bonds is 13. The molecule has 51 heavy (non-hydrogen) atoms. The van der Waals surface area contributed by atoms with Gasteiger partial charge in [0, 0.05) is 29.8 Å². The summed E-state index contributed by atoms with van der Waals surface area (Å²) < 4.78 is 42.8. The van der Waals surface area contributed by atoms with Gasteiger partial charge in [-0.1, -0.05) is 91.3 Å². The molecule has 11 heteroatoms. The van der Waals surface area contributed by atoms with Crippen LogP contribution >= 0.6 is 0 Å². The van der Waals surface area contributed by atoms with Crippen molar-refractivity contribution in [1.29, 1.82) is 0 Å². The van der Waals surface area contributed by atoms with Gasteiger partial charge < -0.3 is 25.0 Å². The Morgan fingerprint density at radius 1 is 0.902 bits per heavy atom. The van der Waals surface area contributed by atoms with Gasteiger partial charge in [0.15, 0.2) is 6.29 Å². The third kappa shape index (κ3) is 9.11. The lowest BCUT2D eigenvalue weighted by molar-refractivity contribution is -0.276. The molecule has 4 aromatic carbocycles. The number of anilines is 1. The van der Waals surface area contributed by atoms with Gasteiger partial charge in [-0.3, -0.25) is 9.69 Å². The van der Waals surface area contributed by atoms with E-state index in [0.717, 1.165) is 41.6 Å². The van der Waals surface area contributed by atoms with Crippen LogP contribution in [0.4, 0.5) is 5.69 Å². The molecule has 4 aromatic rings. The molecule has 10 nitrogen and oxygen atoms in total. The van der Waals surface area contributed by atoms with Crippen molar-refractivity contribution in [3.05, 3.63) is 131 Å². The quantitative estimate of drug-likeness (QED) is 0.147. The van der Waals surface area contributed by atoms with Crippen molar-refractivity contribution in [2.24, 2.45) is 5.92 Å². The summed E-state index contributed by atoms with van der Waals surface area (Å²) in [6, 6.07) is 29.7. The number of sulfonamides is 1. The second kappa shape index (κ2) is 16.6. The number of benzene rings is 4. The lowest BCUT2D eigenvalue weighted by Gasteiger charge is -2.43. The normalized spacial score (nSPS) is 23.2. The van der Waals surface area contributed by atoms with Crippen LogP contribution < -0.4 is 10.0 Å². The Morgan fingerprint density at radius 3 is 2.35 bits per heavy atom. The third-order valence-electron chi connectivity index (χ3n) is 9.90. The number of carbonyl (C=O) groups excluding carboxylic acids is 1. The second-order valence-corrected chi connectivity index (χ2v) is 15.3. The lowest BCUT2D eigenvalue weighted by Crippen LogP contribution is -2.46. The molecule has 0 aliphatic carbocycles. The number of nitrogens with zero attached hydrogens (tertiary/aromatic N) is 1. The summed E-state index contributed by atoms with van der Waals surface area (Å²) in [4.78, 5) is 16.2. The monoisotopic (exact) mass is 713 g/mol. The minimum atomic E-state index is -4.01. The molecule has 1 amide bonds. The van der Waals surface area contributed by atoms with Crippen molar-refractivity contribution in [1.82, 2.24) is 9.62 Å². The molecule has 2 fully saturated rings. The van der Waals surface area contributed by atoms with E-state index in [1.54, 1.807) is 30.3 Å². The number of aliphatic hydroxyl groups excluding tert-OH is 2. The number of hydrogen-bond acceptors (Lipinski definition) is 8. The van der Waals surface area contributed by atoms with E-state index in [0.29, 0.717) is 17.8 Å². The first-order valence-corrected chi connectivity index (χ1v) is 19.0. The van der Waals surface area contributed by atoms with E-state index < -0.39 is 28.3 Å². The average Bonchev–Trinajstić information content (AvgIpc) is 3.60. The molecule has 0 radical (unpaired) electrons. The fraction of sp³-hybridized carbons (Fsp3) is 0.375. The second-order valence-electron chi connectivity index (χ2n) is 13.6. The van der Waals surface area contributed by atoms with E-state index in [4.69, 9.17) is 9.47 Å². The van der Waals surface area contributed by atoms with Crippen molar-refractivity contribution in [2.75, 3.05) is 25.0 Å². The van der Waals surface area contributed by atoms with E-state index in [1.807, 2.05) is 67.6 Å². The van der Waals surface area contributed by atoms with Gasteiger partial charge in [0.1, 0.15) is 6.04 Å². The molecule has 2 saturated heterocycles. The van der Waals surface area contributed by atoms with Gasteiger partial charge in [-0.15, -0.1) is 0 Å². The number of aliphatic hydroxyl groups is 2. The molecule has 6 rings (SSSR count). The highest BCUT2D eigenvalue weighted by atomic mass is 32.2. The number of hydrogen-bond donors (Lipinski definition) is 4. The van der Waals surface area contributed by atoms with Crippen LogP contribution in [-0.4, -0.2) is 67.3 Å². The van der Waals surface area contributed by atoms with Crippen molar-refractivity contribution >= 4 is 21.6 Å². The highest BCUT2D eigenvalue weighted by Crippen LogP contribution is 2.42. The zero-order chi connectivity index (χ0) is 36.0. The summed E-state index contributed by atoms with van der Waals surface area (Å²) in [5.41, 5.74) is 4.67. The Bertz CT molecular complexity index is 1860. The van der Waals surface area contributed by atoms with Crippen molar-refractivity contribution in [3.63, 3.8) is 0 Å². The average molecular weight is 714 g/mol.